The summed E-state index contributed by atoms with van der Waals surface area (Å²) in [5.74, 6) is -1.51. The molecule has 0 atom stereocenters. The molecular formula is C17H14ClN3O3. The Balaban J connectivity index is 1.99. The lowest BCUT2D eigenvalue weighted by Crippen LogP contribution is -2.16. The average Bonchev–Trinajstić information content (AvgIpc) is 2.95. The van der Waals surface area contributed by atoms with Crippen molar-refractivity contribution in [3.63, 3.8) is 0 Å². The average molecular weight is 344 g/mol. The summed E-state index contributed by atoms with van der Waals surface area (Å²) in [7, 11) is 0. The lowest BCUT2D eigenvalue weighted by Gasteiger charge is -2.08. The van der Waals surface area contributed by atoms with E-state index in [0.717, 1.165) is 0 Å². The van der Waals surface area contributed by atoms with Gasteiger partial charge in [-0.25, -0.2) is 9.78 Å². The Labute approximate surface area is 142 Å². The topological polar surface area (TPSA) is 83.7 Å². The number of anilines is 1. The Hall–Kier alpha value is -2.86. The molecule has 0 spiro atoms. The van der Waals surface area contributed by atoms with Crippen molar-refractivity contribution in [2.24, 2.45) is 0 Å². The van der Waals surface area contributed by atoms with E-state index in [1.807, 2.05) is 25.1 Å². The van der Waals surface area contributed by atoms with Gasteiger partial charge in [0.1, 0.15) is 11.3 Å². The van der Waals surface area contributed by atoms with Crippen LogP contribution in [0.25, 0.3) is 5.65 Å². The van der Waals surface area contributed by atoms with Gasteiger partial charge < -0.3 is 10.4 Å². The van der Waals surface area contributed by atoms with Gasteiger partial charge in [-0.1, -0.05) is 24.6 Å². The number of aromatic nitrogens is 2. The van der Waals surface area contributed by atoms with E-state index in [1.54, 1.807) is 16.7 Å². The maximum Gasteiger partial charge on any atom is 0.337 e. The van der Waals surface area contributed by atoms with Crippen molar-refractivity contribution in [2.45, 2.75) is 13.3 Å². The highest BCUT2D eigenvalue weighted by Crippen LogP contribution is 2.22. The molecular weight excluding hydrogens is 330 g/mol. The number of benzene rings is 1. The summed E-state index contributed by atoms with van der Waals surface area (Å²) in [6, 6.07) is 9.81. The van der Waals surface area contributed by atoms with Gasteiger partial charge in [-0.05, 0) is 36.8 Å². The third-order valence-corrected chi connectivity index (χ3v) is 3.94. The molecule has 122 valence electrons. The van der Waals surface area contributed by atoms with Gasteiger partial charge in [0.15, 0.2) is 0 Å². The van der Waals surface area contributed by atoms with Crippen molar-refractivity contribution >= 4 is 34.8 Å². The number of carboxylic acids is 1. The molecule has 0 aliphatic rings. The quantitative estimate of drug-likeness (QED) is 0.759. The van der Waals surface area contributed by atoms with Crippen LogP contribution in [0.4, 0.5) is 5.69 Å². The molecule has 0 aliphatic carbocycles. The number of nitrogens with zero attached hydrogens (tertiary/aromatic N) is 2. The summed E-state index contributed by atoms with van der Waals surface area (Å²) >= 11 is 5.85. The first kappa shape index (κ1) is 16.0. The molecule has 2 N–H and O–H groups in total. The summed E-state index contributed by atoms with van der Waals surface area (Å²) in [4.78, 5) is 28.3. The minimum absolute atomic E-state index is 0.0664. The number of rotatable bonds is 4. The number of nitrogens with one attached hydrogen (secondary N) is 1. The Morgan fingerprint density at radius 1 is 1.29 bits per heavy atom. The number of halogens is 1. The summed E-state index contributed by atoms with van der Waals surface area (Å²) in [5, 5.41) is 11.9. The molecule has 0 radical (unpaired) electrons. The number of carboxylic acid groups (broad SMARTS) is 1. The maximum absolute atomic E-state index is 12.7. The smallest absolute Gasteiger partial charge is 0.337 e. The van der Waals surface area contributed by atoms with E-state index in [4.69, 9.17) is 16.7 Å². The summed E-state index contributed by atoms with van der Waals surface area (Å²) < 4.78 is 1.71. The molecule has 7 heteroatoms. The summed E-state index contributed by atoms with van der Waals surface area (Å²) in [6.45, 7) is 1.92. The number of pyridine rings is 1. The zero-order chi connectivity index (χ0) is 17.3. The highest BCUT2D eigenvalue weighted by molar-refractivity contribution is 6.33. The van der Waals surface area contributed by atoms with Crippen LogP contribution in [0.1, 0.15) is 33.5 Å². The van der Waals surface area contributed by atoms with Crippen LogP contribution in [0.5, 0.6) is 0 Å². The van der Waals surface area contributed by atoms with Gasteiger partial charge in [0.25, 0.3) is 5.91 Å². The molecule has 0 fully saturated rings. The van der Waals surface area contributed by atoms with Gasteiger partial charge in [0.2, 0.25) is 0 Å². The van der Waals surface area contributed by atoms with Crippen LogP contribution in [0.2, 0.25) is 5.02 Å². The van der Waals surface area contributed by atoms with Crippen LogP contribution < -0.4 is 5.32 Å². The number of amides is 1. The first-order valence-corrected chi connectivity index (χ1v) is 7.69. The standard InChI is InChI=1S/C17H14ClN3O3/c1-2-13-15(21-8-4-3-5-14(21)20-13)16(22)19-10-6-7-12(18)11(9-10)17(23)24/h3-9H,2H2,1H3,(H,19,22)(H,23,24). The molecule has 0 saturated heterocycles. The number of carbonyl (C=O) groups excluding carboxylic acids is 1. The van der Waals surface area contributed by atoms with Crippen LogP contribution in [-0.2, 0) is 6.42 Å². The van der Waals surface area contributed by atoms with E-state index in [-0.39, 0.29) is 16.5 Å². The van der Waals surface area contributed by atoms with Gasteiger partial charge in [-0.15, -0.1) is 0 Å². The maximum atomic E-state index is 12.7. The second kappa shape index (κ2) is 6.33. The number of aryl methyl sites for hydroxylation is 1. The highest BCUT2D eigenvalue weighted by atomic mass is 35.5. The highest BCUT2D eigenvalue weighted by Gasteiger charge is 2.19. The predicted molar refractivity (Wildman–Crippen MR) is 90.9 cm³/mol. The molecule has 2 aromatic heterocycles. The molecule has 3 aromatic rings. The van der Waals surface area contributed by atoms with E-state index in [0.29, 0.717) is 29.1 Å². The van der Waals surface area contributed by atoms with Crippen molar-refractivity contribution < 1.29 is 14.7 Å². The monoisotopic (exact) mass is 343 g/mol. The molecule has 1 amide bonds. The van der Waals surface area contributed by atoms with E-state index < -0.39 is 5.97 Å². The van der Waals surface area contributed by atoms with Crippen molar-refractivity contribution in [1.29, 1.82) is 0 Å². The normalized spacial score (nSPS) is 10.8. The Morgan fingerprint density at radius 2 is 2.08 bits per heavy atom. The van der Waals surface area contributed by atoms with Crippen molar-refractivity contribution in [2.75, 3.05) is 5.32 Å². The predicted octanol–water partition coefficient (Wildman–Crippen LogP) is 3.50. The molecule has 0 bridgehead atoms. The Bertz CT molecular complexity index is 949. The molecule has 3 rings (SSSR count). The Kier molecular flexibility index (Phi) is 4.22. The number of imidazole rings is 1. The minimum Gasteiger partial charge on any atom is -0.478 e. The second-order valence-electron chi connectivity index (χ2n) is 5.14. The fourth-order valence-electron chi connectivity index (χ4n) is 2.49. The molecule has 0 aliphatic heterocycles. The number of aromatic carboxylic acids is 1. The van der Waals surface area contributed by atoms with Gasteiger partial charge in [0, 0.05) is 11.9 Å². The number of hydrogen-bond donors (Lipinski definition) is 2. The lowest BCUT2D eigenvalue weighted by molar-refractivity contribution is 0.0696. The van der Waals surface area contributed by atoms with Crippen LogP contribution >= 0.6 is 11.6 Å². The van der Waals surface area contributed by atoms with Crippen molar-refractivity contribution in [3.05, 3.63) is 64.6 Å². The third-order valence-electron chi connectivity index (χ3n) is 3.61. The SMILES string of the molecule is CCc1nc2ccccn2c1C(=O)Nc1ccc(Cl)c(C(=O)O)c1. The lowest BCUT2D eigenvalue weighted by atomic mass is 10.2. The fraction of sp³-hybridized carbons (Fsp3) is 0.118. The van der Waals surface area contributed by atoms with Gasteiger partial charge in [-0.2, -0.15) is 0 Å². The van der Waals surface area contributed by atoms with E-state index in [1.165, 1.54) is 12.1 Å². The third kappa shape index (κ3) is 2.83. The van der Waals surface area contributed by atoms with Crippen LogP contribution in [0, 0.1) is 0 Å². The van der Waals surface area contributed by atoms with E-state index in [9.17, 15) is 9.59 Å². The summed E-state index contributed by atoms with van der Waals surface area (Å²) in [5.41, 5.74) is 2.07. The van der Waals surface area contributed by atoms with Crippen LogP contribution in [-0.4, -0.2) is 26.4 Å². The van der Waals surface area contributed by atoms with Gasteiger partial charge >= 0.3 is 5.97 Å². The second-order valence-corrected chi connectivity index (χ2v) is 5.55. The number of fused-ring (bicyclic) bond motifs is 1. The van der Waals surface area contributed by atoms with Crippen molar-refractivity contribution in [3.8, 4) is 0 Å². The largest absolute Gasteiger partial charge is 0.478 e. The van der Waals surface area contributed by atoms with Gasteiger partial charge in [-0.3, -0.25) is 9.20 Å². The Morgan fingerprint density at radius 3 is 2.79 bits per heavy atom. The zero-order valence-electron chi connectivity index (χ0n) is 12.8. The first-order valence-electron chi connectivity index (χ1n) is 7.31. The first-order chi connectivity index (χ1) is 11.5. The molecule has 24 heavy (non-hydrogen) atoms. The number of hydrogen-bond acceptors (Lipinski definition) is 3. The molecule has 2 heterocycles. The zero-order valence-corrected chi connectivity index (χ0v) is 13.5. The molecule has 0 unspecified atom stereocenters. The van der Waals surface area contributed by atoms with Crippen LogP contribution in [0.3, 0.4) is 0 Å². The number of carbonyl (C=O) groups is 2. The van der Waals surface area contributed by atoms with Crippen molar-refractivity contribution in [1.82, 2.24) is 9.38 Å². The molecule has 0 saturated carbocycles. The van der Waals surface area contributed by atoms with E-state index in [2.05, 4.69) is 10.3 Å². The minimum atomic E-state index is -1.15. The molecule has 1 aromatic carbocycles. The van der Waals surface area contributed by atoms with Crippen LogP contribution in [0.15, 0.2) is 42.6 Å². The fourth-order valence-corrected chi connectivity index (χ4v) is 2.69. The van der Waals surface area contributed by atoms with Gasteiger partial charge in [0.05, 0.1) is 16.3 Å². The molecule has 6 nitrogen and oxygen atoms in total. The summed E-state index contributed by atoms with van der Waals surface area (Å²) in [6.07, 6.45) is 2.37. The van der Waals surface area contributed by atoms with E-state index >= 15 is 0 Å².